The number of hydrogen-bond acceptors (Lipinski definition) is 3. The molecule has 2 aromatic rings. The number of nitrogens with one attached hydrogen (secondary N) is 1. The van der Waals surface area contributed by atoms with Crippen LogP contribution in [0.15, 0.2) is 48.5 Å². The van der Waals surface area contributed by atoms with Crippen LogP contribution in [0.4, 0.5) is 0 Å². The summed E-state index contributed by atoms with van der Waals surface area (Å²) in [5, 5.41) is 3.55. The minimum absolute atomic E-state index is 0.309. The van der Waals surface area contributed by atoms with E-state index in [9.17, 15) is 0 Å². The van der Waals surface area contributed by atoms with Crippen molar-refractivity contribution in [1.29, 1.82) is 0 Å². The van der Waals surface area contributed by atoms with Crippen molar-refractivity contribution in [3.8, 4) is 5.75 Å². The number of rotatable bonds is 4. The summed E-state index contributed by atoms with van der Waals surface area (Å²) in [6.07, 6.45) is 4.69. The lowest BCUT2D eigenvalue weighted by Gasteiger charge is -2.27. The smallest absolute Gasteiger partial charge is 0.122 e. The Morgan fingerprint density at radius 2 is 1.96 bits per heavy atom. The predicted octanol–water partition coefficient (Wildman–Crippen LogP) is 3.83. The molecule has 2 heterocycles. The minimum atomic E-state index is 0.309. The Kier molecular flexibility index (Phi) is 4.58. The van der Waals surface area contributed by atoms with Gasteiger partial charge < -0.3 is 10.1 Å². The van der Waals surface area contributed by atoms with Gasteiger partial charge in [-0.2, -0.15) is 0 Å². The molecule has 0 saturated carbocycles. The molecule has 0 amide bonds. The molecule has 23 heavy (non-hydrogen) atoms. The highest BCUT2D eigenvalue weighted by molar-refractivity contribution is 7.99. The molecular weight excluding hydrogens is 302 g/mol. The molecular formula is C20H23NOS. The Morgan fingerprint density at radius 3 is 2.78 bits per heavy atom. The second kappa shape index (κ2) is 6.98. The molecule has 1 N–H and O–H groups in total. The van der Waals surface area contributed by atoms with Crippen LogP contribution in [0.25, 0.3) is 0 Å². The number of ether oxygens (including phenoxy) is 1. The van der Waals surface area contributed by atoms with E-state index in [1.165, 1.54) is 22.4 Å². The lowest BCUT2D eigenvalue weighted by atomic mass is 9.95. The fourth-order valence-electron chi connectivity index (χ4n) is 3.50. The van der Waals surface area contributed by atoms with Gasteiger partial charge in [0.1, 0.15) is 11.9 Å². The zero-order chi connectivity index (χ0) is 15.5. The van der Waals surface area contributed by atoms with E-state index in [0.29, 0.717) is 12.1 Å². The molecule has 4 rings (SSSR count). The third-order valence-corrected chi connectivity index (χ3v) is 5.74. The van der Waals surface area contributed by atoms with E-state index in [1.807, 2.05) is 11.8 Å². The van der Waals surface area contributed by atoms with Gasteiger partial charge in [-0.15, -0.1) is 11.8 Å². The maximum Gasteiger partial charge on any atom is 0.122 e. The molecule has 3 heteroatoms. The quantitative estimate of drug-likeness (QED) is 0.923. The van der Waals surface area contributed by atoms with Gasteiger partial charge in [0.05, 0.1) is 0 Å². The van der Waals surface area contributed by atoms with Crippen LogP contribution < -0.4 is 10.1 Å². The van der Waals surface area contributed by atoms with Crippen LogP contribution in [0.3, 0.4) is 0 Å². The van der Waals surface area contributed by atoms with Crippen molar-refractivity contribution in [3.05, 3.63) is 65.2 Å². The van der Waals surface area contributed by atoms with Gasteiger partial charge in [0.25, 0.3) is 0 Å². The van der Waals surface area contributed by atoms with Gasteiger partial charge >= 0.3 is 0 Å². The zero-order valence-corrected chi connectivity index (χ0v) is 14.1. The lowest BCUT2D eigenvalue weighted by molar-refractivity contribution is 0.173. The number of fused-ring (bicyclic) bond motifs is 1. The molecule has 120 valence electrons. The number of benzene rings is 2. The average molecular weight is 325 g/mol. The lowest BCUT2D eigenvalue weighted by Crippen LogP contribution is -2.27. The normalized spacial score (nSPS) is 23.3. The van der Waals surface area contributed by atoms with Gasteiger partial charge in [-0.1, -0.05) is 42.5 Å². The van der Waals surface area contributed by atoms with E-state index in [4.69, 9.17) is 4.74 Å². The van der Waals surface area contributed by atoms with Gasteiger partial charge in [-0.25, -0.2) is 0 Å². The van der Waals surface area contributed by atoms with Crippen molar-refractivity contribution < 1.29 is 4.74 Å². The van der Waals surface area contributed by atoms with Gasteiger partial charge in [-0.3, -0.25) is 0 Å². The van der Waals surface area contributed by atoms with E-state index < -0.39 is 0 Å². The number of hydrogen-bond donors (Lipinski definition) is 1. The van der Waals surface area contributed by atoms with Crippen molar-refractivity contribution in [2.75, 3.05) is 11.6 Å². The van der Waals surface area contributed by atoms with Crippen molar-refractivity contribution in [1.82, 2.24) is 5.32 Å². The second-order valence-corrected chi connectivity index (χ2v) is 7.56. The predicted molar refractivity (Wildman–Crippen MR) is 97.3 cm³/mol. The SMILES string of the molecule is c1ccc(CC2CCc3cc(CC4CSCN4)ccc3O2)cc1. The molecule has 2 nitrogen and oxygen atoms in total. The molecule has 2 aromatic carbocycles. The summed E-state index contributed by atoms with van der Waals surface area (Å²) in [6, 6.07) is 18.1. The summed E-state index contributed by atoms with van der Waals surface area (Å²) in [4.78, 5) is 0. The Hall–Kier alpha value is -1.45. The maximum absolute atomic E-state index is 6.24. The highest BCUT2D eigenvalue weighted by Gasteiger charge is 2.21. The van der Waals surface area contributed by atoms with E-state index in [0.717, 1.165) is 37.3 Å². The molecule has 0 spiro atoms. The van der Waals surface area contributed by atoms with Crippen LogP contribution in [-0.2, 0) is 19.3 Å². The first-order valence-corrected chi connectivity index (χ1v) is 9.66. The molecule has 0 aromatic heterocycles. The average Bonchev–Trinajstić information content (AvgIpc) is 3.09. The molecule has 1 saturated heterocycles. The van der Waals surface area contributed by atoms with E-state index in [1.54, 1.807) is 0 Å². The molecule has 0 bridgehead atoms. The van der Waals surface area contributed by atoms with Crippen LogP contribution in [0.1, 0.15) is 23.1 Å². The van der Waals surface area contributed by atoms with E-state index >= 15 is 0 Å². The second-order valence-electron chi connectivity index (χ2n) is 6.53. The summed E-state index contributed by atoms with van der Waals surface area (Å²) >= 11 is 2.00. The largest absolute Gasteiger partial charge is 0.490 e. The molecule has 2 aliphatic heterocycles. The van der Waals surface area contributed by atoms with Crippen molar-refractivity contribution in [2.24, 2.45) is 0 Å². The van der Waals surface area contributed by atoms with Crippen molar-refractivity contribution >= 4 is 11.8 Å². The molecule has 0 radical (unpaired) electrons. The molecule has 1 fully saturated rings. The maximum atomic E-state index is 6.24. The van der Waals surface area contributed by atoms with Crippen LogP contribution in [0.2, 0.25) is 0 Å². The van der Waals surface area contributed by atoms with Crippen LogP contribution in [0, 0.1) is 0 Å². The first-order chi connectivity index (χ1) is 11.4. The number of thioether (sulfide) groups is 1. The summed E-state index contributed by atoms with van der Waals surface area (Å²) in [5.74, 6) is 3.42. The molecule has 2 unspecified atom stereocenters. The topological polar surface area (TPSA) is 21.3 Å². The Morgan fingerprint density at radius 1 is 1.04 bits per heavy atom. The Bertz CT molecular complexity index is 652. The molecule has 2 atom stereocenters. The van der Waals surface area contributed by atoms with Crippen molar-refractivity contribution in [3.63, 3.8) is 0 Å². The van der Waals surface area contributed by atoms with Crippen LogP contribution >= 0.6 is 11.8 Å². The summed E-state index contributed by atoms with van der Waals surface area (Å²) in [5.41, 5.74) is 4.19. The van der Waals surface area contributed by atoms with Crippen LogP contribution in [-0.4, -0.2) is 23.8 Å². The monoisotopic (exact) mass is 325 g/mol. The first kappa shape index (κ1) is 15.1. The fourth-order valence-corrected chi connectivity index (χ4v) is 4.49. The molecule has 0 aliphatic carbocycles. The Balaban J connectivity index is 1.41. The van der Waals surface area contributed by atoms with Crippen LogP contribution in [0.5, 0.6) is 5.75 Å². The highest BCUT2D eigenvalue weighted by Crippen LogP contribution is 2.30. The molecule has 2 aliphatic rings. The van der Waals surface area contributed by atoms with Gasteiger partial charge in [0.15, 0.2) is 0 Å². The highest BCUT2D eigenvalue weighted by atomic mass is 32.2. The third-order valence-electron chi connectivity index (χ3n) is 4.74. The summed E-state index contributed by atoms with van der Waals surface area (Å²) in [6.45, 7) is 0. The minimum Gasteiger partial charge on any atom is -0.490 e. The third kappa shape index (κ3) is 3.73. The van der Waals surface area contributed by atoms with Crippen molar-refractivity contribution in [2.45, 2.75) is 37.8 Å². The Labute approximate surface area is 142 Å². The zero-order valence-electron chi connectivity index (χ0n) is 13.3. The van der Waals surface area contributed by atoms with Gasteiger partial charge in [-0.05, 0) is 42.0 Å². The number of aryl methyl sites for hydroxylation is 1. The van der Waals surface area contributed by atoms with E-state index in [2.05, 4.69) is 53.8 Å². The van der Waals surface area contributed by atoms with E-state index in [-0.39, 0.29) is 0 Å². The standard InChI is InChI=1S/C20H23NOS/c1-2-4-15(5-3-1)12-19-8-7-17-10-16(6-9-20(17)22-19)11-18-13-23-14-21-18/h1-6,9-10,18-19,21H,7-8,11-14H2. The fraction of sp³-hybridized carbons (Fsp3) is 0.400. The first-order valence-electron chi connectivity index (χ1n) is 8.50. The van der Waals surface area contributed by atoms with Gasteiger partial charge in [0, 0.05) is 24.1 Å². The summed E-state index contributed by atoms with van der Waals surface area (Å²) in [7, 11) is 0. The van der Waals surface area contributed by atoms with Gasteiger partial charge in [0.2, 0.25) is 0 Å². The summed E-state index contributed by atoms with van der Waals surface area (Å²) < 4.78 is 6.24.